The Morgan fingerprint density at radius 2 is 1.78 bits per heavy atom. The summed E-state index contributed by atoms with van der Waals surface area (Å²) >= 11 is 0. The highest BCUT2D eigenvalue weighted by molar-refractivity contribution is 5.35. The van der Waals surface area contributed by atoms with E-state index < -0.39 is 6.10 Å². The first-order valence-corrected chi connectivity index (χ1v) is 5.76. The van der Waals surface area contributed by atoms with Crippen LogP contribution >= 0.6 is 0 Å². The molecule has 0 amide bonds. The number of hydrogen-bond acceptors (Lipinski definition) is 2. The number of aliphatic hydroxyl groups is 1. The van der Waals surface area contributed by atoms with E-state index in [1.807, 2.05) is 24.3 Å². The Morgan fingerprint density at radius 3 is 2.50 bits per heavy atom. The molecule has 1 N–H and O–H groups in total. The van der Waals surface area contributed by atoms with E-state index >= 15 is 0 Å². The molecule has 0 fully saturated rings. The summed E-state index contributed by atoms with van der Waals surface area (Å²) in [6.07, 6.45) is -0.548. The van der Waals surface area contributed by atoms with E-state index in [4.69, 9.17) is 4.74 Å². The van der Waals surface area contributed by atoms with Crippen molar-refractivity contribution in [2.24, 2.45) is 0 Å². The molecule has 0 radical (unpaired) electrons. The second-order valence-electron chi connectivity index (χ2n) is 4.05. The molecule has 0 aliphatic carbocycles. The lowest BCUT2D eigenvalue weighted by Crippen LogP contribution is -2.05. The fourth-order valence-corrected chi connectivity index (χ4v) is 1.94. The molecule has 1 atom stereocenters. The zero-order valence-corrected chi connectivity index (χ0v) is 10.1. The Hall–Kier alpha value is -1.87. The van der Waals surface area contributed by atoms with Gasteiger partial charge in [0.15, 0.2) is 0 Å². The van der Waals surface area contributed by atoms with Gasteiger partial charge in [0, 0.05) is 12.0 Å². The Bertz CT molecular complexity index is 525. The van der Waals surface area contributed by atoms with Crippen LogP contribution in [0.1, 0.15) is 17.2 Å². The minimum Gasteiger partial charge on any atom is -0.496 e. The number of hydrogen-bond donors (Lipinski definition) is 1. The second-order valence-corrected chi connectivity index (χ2v) is 4.05. The maximum atomic E-state index is 13.5. The average molecular weight is 246 g/mol. The van der Waals surface area contributed by atoms with Crippen molar-refractivity contribution in [3.63, 3.8) is 0 Å². The SMILES string of the molecule is COc1ccccc1CC(O)c1ccccc1F. The molecule has 0 bridgehead atoms. The molecule has 1 unspecified atom stereocenters. The van der Waals surface area contributed by atoms with Crippen LogP contribution < -0.4 is 4.74 Å². The predicted octanol–water partition coefficient (Wildman–Crippen LogP) is 3.11. The molecule has 2 rings (SSSR count). The monoisotopic (exact) mass is 246 g/mol. The first kappa shape index (κ1) is 12.6. The molecular weight excluding hydrogens is 231 g/mol. The Morgan fingerprint density at radius 1 is 1.11 bits per heavy atom. The minimum absolute atomic E-state index is 0.309. The molecule has 94 valence electrons. The topological polar surface area (TPSA) is 29.5 Å². The Labute approximate surface area is 106 Å². The first-order valence-electron chi connectivity index (χ1n) is 5.76. The smallest absolute Gasteiger partial charge is 0.129 e. The summed E-state index contributed by atoms with van der Waals surface area (Å²) in [4.78, 5) is 0. The molecule has 18 heavy (non-hydrogen) atoms. The number of halogens is 1. The predicted molar refractivity (Wildman–Crippen MR) is 68.1 cm³/mol. The summed E-state index contributed by atoms with van der Waals surface area (Å²) in [5.74, 6) is 0.313. The van der Waals surface area contributed by atoms with Crippen LogP contribution in [0, 0.1) is 5.82 Å². The summed E-state index contributed by atoms with van der Waals surface area (Å²) in [6.45, 7) is 0. The third-order valence-electron chi connectivity index (χ3n) is 2.87. The van der Waals surface area contributed by atoms with Crippen molar-refractivity contribution in [1.29, 1.82) is 0 Å². The molecule has 0 saturated heterocycles. The highest BCUT2D eigenvalue weighted by Gasteiger charge is 2.14. The minimum atomic E-state index is -0.873. The van der Waals surface area contributed by atoms with Gasteiger partial charge in [-0.2, -0.15) is 0 Å². The van der Waals surface area contributed by atoms with E-state index in [0.717, 1.165) is 5.56 Å². The van der Waals surface area contributed by atoms with Crippen LogP contribution in [0.4, 0.5) is 4.39 Å². The van der Waals surface area contributed by atoms with Crippen molar-refractivity contribution in [2.45, 2.75) is 12.5 Å². The summed E-state index contributed by atoms with van der Waals surface area (Å²) < 4.78 is 18.7. The van der Waals surface area contributed by atoms with Crippen molar-refractivity contribution >= 4 is 0 Å². The molecule has 0 aliphatic heterocycles. The van der Waals surface area contributed by atoms with Crippen molar-refractivity contribution in [3.8, 4) is 5.75 Å². The Kier molecular flexibility index (Phi) is 3.95. The maximum Gasteiger partial charge on any atom is 0.129 e. The molecular formula is C15H15FO2. The van der Waals surface area contributed by atoms with Gasteiger partial charge in [0.1, 0.15) is 11.6 Å². The fraction of sp³-hybridized carbons (Fsp3) is 0.200. The summed E-state index contributed by atoms with van der Waals surface area (Å²) in [7, 11) is 1.58. The van der Waals surface area contributed by atoms with E-state index in [2.05, 4.69) is 0 Å². The Balaban J connectivity index is 2.21. The third-order valence-corrected chi connectivity index (χ3v) is 2.87. The van der Waals surface area contributed by atoms with Gasteiger partial charge < -0.3 is 9.84 Å². The van der Waals surface area contributed by atoms with Gasteiger partial charge in [-0.05, 0) is 17.7 Å². The van der Waals surface area contributed by atoms with Gasteiger partial charge in [0.25, 0.3) is 0 Å². The van der Waals surface area contributed by atoms with Crippen molar-refractivity contribution in [3.05, 3.63) is 65.5 Å². The highest BCUT2D eigenvalue weighted by atomic mass is 19.1. The zero-order chi connectivity index (χ0) is 13.0. The van der Waals surface area contributed by atoms with Crippen LogP contribution in [0.15, 0.2) is 48.5 Å². The fourth-order valence-electron chi connectivity index (χ4n) is 1.94. The van der Waals surface area contributed by atoms with Gasteiger partial charge in [-0.15, -0.1) is 0 Å². The number of benzene rings is 2. The zero-order valence-electron chi connectivity index (χ0n) is 10.1. The van der Waals surface area contributed by atoms with Crippen LogP contribution in [0.3, 0.4) is 0 Å². The van der Waals surface area contributed by atoms with Gasteiger partial charge in [-0.25, -0.2) is 4.39 Å². The van der Waals surface area contributed by atoms with E-state index in [0.29, 0.717) is 17.7 Å². The van der Waals surface area contributed by atoms with Gasteiger partial charge in [0.2, 0.25) is 0 Å². The highest BCUT2D eigenvalue weighted by Crippen LogP contribution is 2.25. The largest absolute Gasteiger partial charge is 0.496 e. The van der Waals surface area contributed by atoms with Crippen molar-refractivity contribution in [2.75, 3.05) is 7.11 Å². The molecule has 3 heteroatoms. The standard InChI is InChI=1S/C15H15FO2/c1-18-15-9-5-2-6-11(15)10-14(17)12-7-3-4-8-13(12)16/h2-9,14,17H,10H2,1H3. The number of para-hydroxylation sites is 1. The van der Waals surface area contributed by atoms with Crippen molar-refractivity contribution < 1.29 is 14.2 Å². The molecule has 0 aliphatic rings. The number of aliphatic hydroxyl groups excluding tert-OH is 1. The van der Waals surface area contributed by atoms with E-state index in [-0.39, 0.29) is 5.82 Å². The molecule has 2 nitrogen and oxygen atoms in total. The normalized spacial score (nSPS) is 12.2. The number of ether oxygens (including phenoxy) is 1. The quantitative estimate of drug-likeness (QED) is 0.898. The van der Waals surface area contributed by atoms with E-state index in [9.17, 15) is 9.50 Å². The van der Waals surface area contributed by atoms with Crippen LogP contribution in [-0.4, -0.2) is 12.2 Å². The molecule has 0 spiro atoms. The first-order chi connectivity index (χ1) is 8.72. The van der Waals surface area contributed by atoms with Crippen molar-refractivity contribution in [1.82, 2.24) is 0 Å². The molecule has 0 aromatic heterocycles. The lowest BCUT2D eigenvalue weighted by atomic mass is 10.0. The molecule has 2 aromatic rings. The lowest BCUT2D eigenvalue weighted by Gasteiger charge is -2.14. The molecule has 2 aromatic carbocycles. The summed E-state index contributed by atoms with van der Waals surface area (Å²) in [5.41, 5.74) is 1.17. The third kappa shape index (κ3) is 2.68. The van der Waals surface area contributed by atoms with Crippen LogP contribution in [0.2, 0.25) is 0 Å². The number of rotatable bonds is 4. The average Bonchev–Trinajstić information content (AvgIpc) is 2.39. The van der Waals surface area contributed by atoms with Crippen LogP contribution in [-0.2, 0) is 6.42 Å². The maximum absolute atomic E-state index is 13.5. The number of methoxy groups -OCH3 is 1. The molecule has 0 saturated carbocycles. The van der Waals surface area contributed by atoms with E-state index in [1.54, 1.807) is 25.3 Å². The van der Waals surface area contributed by atoms with Gasteiger partial charge in [-0.1, -0.05) is 36.4 Å². The summed E-state index contributed by atoms with van der Waals surface area (Å²) in [5, 5.41) is 10.1. The van der Waals surface area contributed by atoms with Crippen LogP contribution in [0.5, 0.6) is 5.75 Å². The lowest BCUT2D eigenvalue weighted by molar-refractivity contribution is 0.172. The molecule has 0 heterocycles. The second kappa shape index (κ2) is 5.65. The van der Waals surface area contributed by atoms with Crippen LogP contribution in [0.25, 0.3) is 0 Å². The van der Waals surface area contributed by atoms with Gasteiger partial charge in [0.05, 0.1) is 13.2 Å². The van der Waals surface area contributed by atoms with E-state index in [1.165, 1.54) is 6.07 Å². The van der Waals surface area contributed by atoms with Gasteiger partial charge in [-0.3, -0.25) is 0 Å². The van der Waals surface area contributed by atoms with Gasteiger partial charge >= 0.3 is 0 Å². The summed E-state index contributed by atoms with van der Waals surface area (Å²) in [6, 6.07) is 13.7.